The summed E-state index contributed by atoms with van der Waals surface area (Å²) in [6.07, 6.45) is 1.99. The molecule has 3 heterocycles. The van der Waals surface area contributed by atoms with Gasteiger partial charge in [0.05, 0.1) is 12.6 Å². The Hall–Kier alpha value is -2.68. The number of nitrogens with zero attached hydrogens (tertiary/aromatic N) is 3. The highest BCUT2D eigenvalue weighted by Crippen LogP contribution is 2.32. The van der Waals surface area contributed by atoms with Gasteiger partial charge in [0.1, 0.15) is 35.6 Å². The van der Waals surface area contributed by atoms with E-state index in [0.29, 0.717) is 12.3 Å². The molecule has 0 spiro atoms. The van der Waals surface area contributed by atoms with Gasteiger partial charge in [0.25, 0.3) is 5.91 Å². The molecule has 1 N–H and O–H groups in total. The number of carbonyl (C=O) groups is 1. The molecule has 3 aliphatic rings. The van der Waals surface area contributed by atoms with E-state index in [1.54, 1.807) is 6.07 Å². The molecule has 35 heavy (non-hydrogen) atoms. The lowest BCUT2D eigenvalue weighted by Crippen LogP contribution is -2.44. The first-order valence-corrected chi connectivity index (χ1v) is 12.5. The van der Waals surface area contributed by atoms with Crippen LogP contribution in [0, 0.1) is 5.82 Å². The summed E-state index contributed by atoms with van der Waals surface area (Å²) >= 11 is 0. The lowest BCUT2D eigenvalue weighted by Gasteiger charge is -2.32. The van der Waals surface area contributed by atoms with Crippen LogP contribution in [0.3, 0.4) is 0 Å². The Kier molecular flexibility index (Phi) is 7.22. The van der Waals surface area contributed by atoms with Crippen LogP contribution in [0.15, 0.2) is 36.4 Å². The topological polar surface area (TPSA) is 65.5 Å². The van der Waals surface area contributed by atoms with Gasteiger partial charge in [0.2, 0.25) is 0 Å². The number of ether oxygens (including phenoxy) is 2. The van der Waals surface area contributed by atoms with Crippen molar-refractivity contribution in [2.75, 3.05) is 52.9 Å². The van der Waals surface area contributed by atoms with E-state index in [1.165, 1.54) is 22.1 Å². The third kappa shape index (κ3) is 5.60. The van der Waals surface area contributed by atoms with E-state index < -0.39 is 17.8 Å². The largest absolute Gasteiger partial charge is 0.491 e. The van der Waals surface area contributed by atoms with E-state index >= 15 is 4.39 Å². The fourth-order valence-corrected chi connectivity index (χ4v) is 5.26. The van der Waals surface area contributed by atoms with Crippen LogP contribution in [0.1, 0.15) is 34.3 Å². The molecule has 2 aromatic carbocycles. The molecule has 1 fully saturated rings. The zero-order valence-electron chi connectivity index (χ0n) is 20.3. The van der Waals surface area contributed by atoms with Gasteiger partial charge in [-0.2, -0.15) is 0 Å². The number of likely N-dealkylation sites (tertiary alicyclic amines) is 1. The molecule has 2 aromatic rings. The van der Waals surface area contributed by atoms with Gasteiger partial charge in [-0.1, -0.05) is 24.3 Å². The molecule has 188 valence electrons. The zero-order chi connectivity index (χ0) is 24.4. The van der Waals surface area contributed by atoms with Crippen LogP contribution < -0.4 is 9.47 Å². The van der Waals surface area contributed by atoms with E-state index in [2.05, 4.69) is 35.0 Å². The van der Waals surface area contributed by atoms with E-state index in [-0.39, 0.29) is 37.1 Å². The molecule has 3 aliphatic heterocycles. The van der Waals surface area contributed by atoms with Gasteiger partial charge in [0, 0.05) is 51.4 Å². The summed E-state index contributed by atoms with van der Waals surface area (Å²) < 4.78 is 26.9. The Balaban J connectivity index is 1.22. The molecule has 0 aliphatic carbocycles. The summed E-state index contributed by atoms with van der Waals surface area (Å²) in [6, 6.07) is 11.3. The minimum Gasteiger partial charge on any atom is -0.491 e. The maximum absolute atomic E-state index is 15.1. The summed E-state index contributed by atoms with van der Waals surface area (Å²) in [7, 11) is 2.08. The van der Waals surface area contributed by atoms with Crippen LogP contribution >= 0.6 is 0 Å². The predicted molar refractivity (Wildman–Crippen MR) is 130 cm³/mol. The maximum Gasteiger partial charge on any atom is 0.260 e. The Morgan fingerprint density at radius 3 is 2.69 bits per heavy atom. The summed E-state index contributed by atoms with van der Waals surface area (Å²) in [5.41, 5.74) is 2.54. The Bertz CT molecular complexity index is 1060. The number of halogens is 1. The number of carbonyl (C=O) groups excluding carboxylic acids is 1. The lowest BCUT2D eigenvalue weighted by molar-refractivity contribution is 0.0498. The molecule has 0 saturated carbocycles. The molecule has 5 rings (SSSR count). The van der Waals surface area contributed by atoms with E-state index in [9.17, 15) is 9.90 Å². The third-order valence-electron chi connectivity index (χ3n) is 7.23. The van der Waals surface area contributed by atoms with E-state index in [1.807, 2.05) is 6.07 Å². The standard InChI is InChI=1S/C27H34FN3O4/c1-29-9-7-22(8-10-29)35-23-14-24(28)26-25(15-23)34-13-12-31(27(26)33)18-21(32)17-30-11-6-19-4-2-3-5-20(19)16-30/h2-5,14-15,21-22,32H,6-13,16-18H2,1H3/t21-/m1/s1. The van der Waals surface area contributed by atoms with Gasteiger partial charge in [-0.05, 0) is 37.4 Å². The normalized spacial score (nSPS) is 20.5. The Morgan fingerprint density at radius 1 is 1.11 bits per heavy atom. The molecule has 8 heteroatoms. The number of aliphatic hydroxyl groups is 1. The highest BCUT2D eigenvalue weighted by molar-refractivity contribution is 5.97. The Morgan fingerprint density at radius 2 is 1.89 bits per heavy atom. The van der Waals surface area contributed by atoms with Crippen molar-refractivity contribution in [1.29, 1.82) is 0 Å². The Labute approximate surface area is 206 Å². The van der Waals surface area contributed by atoms with Gasteiger partial charge in [-0.25, -0.2) is 4.39 Å². The second-order valence-corrected chi connectivity index (χ2v) is 9.91. The van der Waals surface area contributed by atoms with Gasteiger partial charge >= 0.3 is 0 Å². The smallest absolute Gasteiger partial charge is 0.260 e. The molecule has 0 bridgehead atoms. The number of β-amino-alcohol motifs (C(OH)–C–C–N with tert-alkyl or cyclic N) is 1. The van der Waals surface area contributed by atoms with E-state index in [4.69, 9.17) is 9.47 Å². The molecule has 0 aromatic heterocycles. The summed E-state index contributed by atoms with van der Waals surface area (Å²) in [5, 5.41) is 10.8. The average Bonchev–Trinajstić information content (AvgIpc) is 2.99. The van der Waals surface area contributed by atoms with E-state index in [0.717, 1.165) is 45.4 Å². The minimum absolute atomic E-state index is 0.0264. The van der Waals surface area contributed by atoms with Crippen molar-refractivity contribution in [2.45, 2.75) is 38.0 Å². The second-order valence-electron chi connectivity index (χ2n) is 9.91. The average molecular weight is 484 g/mol. The quantitative estimate of drug-likeness (QED) is 0.682. The summed E-state index contributed by atoms with van der Waals surface area (Å²) in [6.45, 7) is 4.63. The van der Waals surface area contributed by atoms with Gasteiger partial charge < -0.3 is 24.4 Å². The minimum atomic E-state index is -0.735. The second kappa shape index (κ2) is 10.5. The molecule has 1 atom stereocenters. The molecule has 1 saturated heterocycles. The maximum atomic E-state index is 15.1. The van der Waals surface area contributed by atoms with Crippen LogP contribution in [-0.4, -0.2) is 90.8 Å². The fourth-order valence-electron chi connectivity index (χ4n) is 5.26. The van der Waals surface area contributed by atoms with Crippen molar-refractivity contribution in [1.82, 2.24) is 14.7 Å². The number of fused-ring (bicyclic) bond motifs is 2. The monoisotopic (exact) mass is 483 g/mol. The third-order valence-corrected chi connectivity index (χ3v) is 7.23. The van der Waals surface area contributed by atoms with Crippen molar-refractivity contribution in [2.24, 2.45) is 0 Å². The van der Waals surface area contributed by atoms with Crippen molar-refractivity contribution in [3.05, 3.63) is 58.9 Å². The number of aliphatic hydroxyl groups excluding tert-OH is 1. The van der Waals surface area contributed by atoms with Crippen LogP contribution in [0.2, 0.25) is 0 Å². The van der Waals surface area contributed by atoms with Crippen molar-refractivity contribution >= 4 is 5.91 Å². The first-order valence-electron chi connectivity index (χ1n) is 12.5. The van der Waals surface area contributed by atoms with Crippen LogP contribution in [0.4, 0.5) is 4.39 Å². The van der Waals surface area contributed by atoms with Crippen molar-refractivity contribution < 1.29 is 23.8 Å². The van der Waals surface area contributed by atoms with Crippen molar-refractivity contribution in [3.63, 3.8) is 0 Å². The summed E-state index contributed by atoms with van der Waals surface area (Å²) in [5.74, 6) is -0.502. The van der Waals surface area contributed by atoms with Crippen LogP contribution in [0.25, 0.3) is 0 Å². The number of amides is 1. The van der Waals surface area contributed by atoms with Crippen LogP contribution in [0.5, 0.6) is 11.5 Å². The van der Waals surface area contributed by atoms with Gasteiger partial charge in [0.15, 0.2) is 0 Å². The number of hydrogen-bond acceptors (Lipinski definition) is 6. The van der Waals surface area contributed by atoms with Crippen LogP contribution in [-0.2, 0) is 13.0 Å². The molecular formula is C27H34FN3O4. The highest BCUT2D eigenvalue weighted by atomic mass is 19.1. The lowest BCUT2D eigenvalue weighted by atomic mass is 10.00. The number of piperidine rings is 1. The highest BCUT2D eigenvalue weighted by Gasteiger charge is 2.30. The SMILES string of the molecule is CN1CCC(Oc2cc(F)c3c(c2)OCCN(C[C@H](O)CN2CCc4ccccc4C2)C3=O)CC1. The number of hydrogen-bond donors (Lipinski definition) is 1. The fraction of sp³-hybridized carbons (Fsp3) is 0.519. The molecule has 0 unspecified atom stereocenters. The number of benzene rings is 2. The van der Waals surface area contributed by atoms with Gasteiger partial charge in [-0.15, -0.1) is 0 Å². The zero-order valence-corrected chi connectivity index (χ0v) is 20.3. The molecular weight excluding hydrogens is 449 g/mol. The summed E-state index contributed by atoms with van der Waals surface area (Å²) in [4.78, 5) is 19.2. The van der Waals surface area contributed by atoms with Gasteiger partial charge in [-0.3, -0.25) is 9.69 Å². The first kappa shape index (κ1) is 24.0. The predicted octanol–water partition coefficient (Wildman–Crippen LogP) is 2.55. The molecule has 1 amide bonds. The van der Waals surface area contributed by atoms with Crippen molar-refractivity contribution in [3.8, 4) is 11.5 Å². The molecule has 7 nitrogen and oxygen atoms in total. The number of rotatable bonds is 6. The molecule has 0 radical (unpaired) electrons. The first-order chi connectivity index (χ1) is 17.0.